The van der Waals surface area contributed by atoms with Gasteiger partial charge in [-0.3, -0.25) is 10.1 Å². The second-order valence-corrected chi connectivity index (χ2v) is 4.30. The molecule has 0 saturated heterocycles. The van der Waals surface area contributed by atoms with E-state index in [9.17, 15) is 10.1 Å². The van der Waals surface area contributed by atoms with E-state index in [4.69, 9.17) is 0 Å². The smallest absolute Gasteiger partial charge is 0.272 e. The molecule has 0 amide bonds. The Kier molecular flexibility index (Phi) is 3.29. The number of nitrogens with one attached hydrogen (secondary N) is 1. The predicted octanol–water partition coefficient (Wildman–Crippen LogP) is 2.37. The molecule has 0 fully saturated rings. The minimum atomic E-state index is -0.368. The largest absolute Gasteiger partial charge is 0.370 e. The Morgan fingerprint density at radius 1 is 1.53 bits per heavy atom. The highest BCUT2D eigenvalue weighted by molar-refractivity contribution is 7.09. The normalized spacial score (nSPS) is 10.2. The van der Waals surface area contributed by atoms with Crippen molar-refractivity contribution in [1.82, 2.24) is 9.59 Å². The van der Waals surface area contributed by atoms with Crippen molar-refractivity contribution in [2.75, 3.05) is 5.32 Å². The van der Waals surface area contributed by atoms with Gasteiger partial charge in [-0.05, 0) is 12.5 Å². The van der Waals surface area contributed by atoms with Crippen LogP contribution in [-0.2, 0) is 6.54 Å². The number of nitro benzene ring substituents is 1. The van der Waals surface area contributed by atoms with Crippen LogP contribution in [0.15, 0.2) is 24.4 Å². The molecule has 1 aromatic heterocycles. The second kappa shape index (κ2) is 4.88. The highest BCUT2D eigenvalue weighted by Gasteiger charge is 2.10. The zero-order valence-corrected chi connectivity index (χ0v) is 9.90. The summed E-state index contributed by atoms with van der Waals surface area (Å²) in [4.78, 5) is 10.4. The molecule has 0 saturated carbocycles. The monoisotopic (exact) mass is 250 g/mol. The van der Waals surface area contributed by atoms with E-state index < -0.39 is 0 Å². The van der Waals surface area contributed by atoms with E-state index in [1.807, 2.05) is 6.07 Å². The lowest BCUT2D eigenvalue weighted by molar-refractivity contribution is -0.385. The Bertz CT molecular complexity index is 527. The van der Waals surface area contributed by atoms with Crippen LogP contribution in [0.4, 0.5) is 10.7 Å². The molecule has 2 aromatic rings. The lowest BCUT2D eigenvalue weighted by Crippen LogP contribution is -1.99. The lowest BCUT2D eigenvalue weighted by Gasteiger charge is -2.04. The Labute approximate surface area is 102 Å². The number of benzene rings is 1. The van der Waals surface area contributed by atoms with Crippen LogP contribution in [0.25, 0.3) is 0 Å². The first-order valence-corrected chi connectivity index (χ1v) is 5.69. The Morgan fingerprint density at radius 3 is 3.00 bits per heavy atom. The number of aromatic nitrogens is 2. The number of nitro groups is 1. The second-order valence-electron chi connectivity index (χ2n) is 3.51. The Morgan fingerprint density at radius 2 is 2.35 bits per heavy atom. The summed E-state index contributed by atoms with van der Waals surface area (Å²) in [6.07, 6.45) is 1.62. The van der Waals surface area contributed by atoms with Crippen LogP contribution in [0.1, 0.15) is 11.1 Å². The van der Waals surface area contributed by atoms with Gasteiger partial charge in [0, 0.05) is 29.7 Å². The molecular formula is C10H10N4O2S. The van der Waals surface area contributed by atoms with Gasteiger partial charge in [0.2, 0.25) is 0 Å². The van der Waals surface area contributed by atoms with E-state index in [0.29, 0.717) is 12.1 Å². The maximum absolute atomic E-state index is 10.8. The van der Waals surface area contributed by atoms with Gasteiger partial charge in [0.05, 0.1) is 11.1 Å². The van der Waals surface area contributed by atoms with E-state index in [1.165, 1.54) is 11.5 Å². The minimum Gasteiger partial charge on any atom is -0.370 e. The number of anilines is 1. The fraction of sp³-hybridized carbons (Fsp3) is 0.200. The Hall–Kier alpha value is -2.02. The highest BCUT2D eigenvalue weighted by Crippen LogP contribution is 2.20. The van der Waals surface area contributed by atoms with Crippen LogP contribution in [-0.4, -0.2) is 14.5 Å². The maximum Gasteiger partial charge on any atom is 0.272 e. The van der Waals surface area contributed by atoms with Crippen LogP contribution >= 0.6 is 11.5 Å². The van der Waals surface area contributed by atoms with E-state index >= 15 is 0 Å². The van der Waals surface area contributed by atoms with E-state index in [1.54, 1.807) is 25.3 Å². The minimum absolute atomic E-state index is 0.145. The summed E-state index contributed by atoms with van der Waals surface area (Å²) < 4.78 is 3.72. The standard InChI is InChI=1S/C10H10N4O2S/c1-7-2-3-8(4-9(7)14(15)16)5-11-10-6-12-13-17-10/h2-4,6,11H,5H2,1H3. The van der Waals surface area contributed by atoms with Gasteiger partial charge in [-0.15, -0.1) is 5.10 Å². The van der Waals surface area contributed by atoms with E-state index in [0.717, 1.165) is 10.6 Å². The zero-order chi connectivity index (χ0) is 12.3. The molecule has 0 aliphatic carbocycles. The van der Waals surface area contributed by atoms with Crippen molar-refractivity contribution in [3.05, 3.63) is 45.6 Å². The maximum atomic E-state index is 10.8. The summed E-state index contributed by atoms with van der Waals surface area (Å²) >= 11 is 1.25. The van der Waals surface area contributed by atoms with Gasteiger partial charge in [-0.2, -0.15) is 0 Å². The summed E-state index contributed by atoms with van der Waals surface area (Å²) in [5.41, 5.74) is 1.67. The molecule has 1 heterocycles. The molecule has 0 radical (unpaired) electrons. The van der Waals surface area contributed by atoms with Crippen LogP contribution < -0.4 is 5.32 Å². The molecule has 0 unspecified atom stereocenters. The molecule has 7 heteroatoms. The van der Waals surface area contributed by atoms with Crippen molar-refractivity contribution in [3.8, 4) is 0 Å². The summed E-state index contributed by atoms with van der Waals surface area (Å²) in [6.45, 7) is 2.24. The molecule has 88 valence electrons. The van der Waals surface area contributed by atoms with Crippen molar-refractivity contribution < 1.29 is 4.92 Å². The summed E-state index contributed by atoms with van der Waals surface area (Å²) in [5.74, 6) is 0. The quantitative estimate of drug-likeness (QED) is 0.665. The van der Waals surface area contributed by atoms with Crippen LogP contribution in [0.3, 0.4) is 0 Å². The summed E-state index contributed by atoms with van der Waals surface area (Å²) in [6, 6.07) is 5.20. The average molecular weight is 250 g/mol. The van der Waals surface area contributed by atoms with Crippen LogP contribution in [0, 0.1) is 17.0 Å². The third kappa shape index (κ3) is 2.76. The van der Waals surface area contributed by atoms with Gasteiger partial charge < -0.3 is 5.32 Å². The molecule has 0 atom stereocenters. The third-order valence-corrected chi connectivity index (χ3v) is 2.92. The van der Waals surface area contributed by atoms with Crippen LogP contribution in [0.5, 0.6) is 0 Å². The fourth-order valence-corrected chi connectivity index (χ4v) is 1.81. The third-order valence-electron chi connectivity index (χ3n) is 2.30. The number of hydrogen-bond acceptors (Lipinski definition) is 6. The number of hydrogen-bond donors (Lipinski definition) is 1. The molecule has 0 aliphatic rings. The first-order valence-electron chi connectivity index (χ1n) is 4.92. The molecule has 0 spiro atoms. The van der Waals surface area contributed by atoms with Gasteiger partial charge in [0.25, 0.3) is 5.69 Å². The molecule has 1 aromatic carbocycles. The topological polar surface area (TPSA) is 81.0 Å². The number of aryl methyl sites for hydroxylation is 1. The molecule has 0 aliphatic heterocycles. The average Bonchev–Trinajstić information content (AvgIpc) is 2.80. The first kappa shape index (κ1) is 11.5. The van der Waals surface area contributed by atoms with Gasteiger partial charge in [-0.1, -0.05) is 16.6 Å². The summed E-state index contributed by atoms with van der Waals surface area (Å²) in [7, 11) is 0. The van der Waals surface area contributed by atoms with Gasteiger partial charge in [-0.25, -0.2) is 0 Å². The van der Waals surface area contributed by atoms with Crippen molar-refractivity contribution >= 4 is 22.2 Å². The number of nitrogens with zero attached hydrogens (tertiary/aromatic N) is 3. The molecule has 17 heavy (non-hydrogen) atoms. The highest BCUT2D eigenvalue weighted by atomic mass is 32.1. The first-order chi connectivity index (χ1) is 8.16. The van der Waals surface area contributed by atoms with E-state index in [2.05, 4.69) is 14.9 Å². The molecule has 2 rings (SSSR count). The van der Waals surface area contributed by atoms with E-state index in [-0.39, 0.29) is 10.6 Å². The molecular weight excluding hydrogens is 240 g/mol. The van der Waals surface area contributed by atoms with Crippen molar-refractivity contribution in [1.29, 1.82) is 0 Å². The lowest BCUT2D eigenvalue weighted by atomic mass is 10.1. The zero-order valence-electron chi connectivity index (χ0n) is 9.08. The molecule has 1 N–H and O–H groups in total. The van der Waals surface area contributed by atoms with Crippen molar-refractivity contribution in [2.45, 2.75) is 13.5 Å². The molecule has 6 nitrogen and oxygen atoms in total. The summed E-state index contributed by atoms with van der Waals surface area (Å²) in [5, 5.41) is 18.4. The van der Waals surface area contributed by atoms with Gasteiger partial charge in [0.15, 0.2) is 0 Å². The number of rotatable bonds is 4. The molecule has 0 bridgehead atoms. The SMILES string of the molecule is Cc1ccc(CNc2cnns2)cc1[N+](=O)[O-]. The van der Waals surface area contributed by atoms with Crippen molar-refractivity contribution in [3.63, 3.8) is 0 Å². The van der Waals surface area contributed by atoms with Crippen molar-refractivity contribution in [2.24, 2.45) is 0 Å². The van der Waals surface area contributed by atoms with Crippen LogP contribution in [0.2, 0.25) is 0 Å². The fourth-order valence-electron chi connectivity index (χ4n) is 1.40. The Balaban J connectivity index is 2.11. The van der Waals surface area contributed by atoms with Gasteiger partial charge in [0.1, 0.15) is 5.00 Å². The van der Waals surface area contributed by atoms with Gasteiger partial charge >= 0.3 is 0 Å². The predicted molar refractivity (Wildman–Crippen MR) is 65.1 cm³/mol.